The SMILES string of the molecule is CC(=O)Nc1cccc2ccc(Cl)nc12. The molecule has 15 heavy (non-hydrogen) atoms. The van der Waals surface area contributed by atoms with Crippen molar-refractivity contribution in [2.24, 2.45) is 0 Å². The molecule has 0 spiro atoms. The predicted molar refractivity (Wildman–Crippen MR) is 61.1 cm³/mol. The molecule has 0 fully saturated rings. The number of nitrogens with zero attached hydrogens (tertiary/aromatic N) is 1. The summed E-state index contributed by atoms with van der Waals surface area (Å²) in [5, 5.41) is 4.08. The van der Waals surface area contributed by atoms with E-state index in [0.29, 0.717) is 16.4 Å². The van der Waals surface area contributed by atoms with Crippen molar-refractivity contribution < 1.29 is 4.79 Å². The van der Waals surface area contributed by atoms with Gasteiger partial charge in [0.2, 0.25) is 5.91 Å². The Morgan fingerprint density at radius 2 is 2.13 bits per heavy atom. The number of benzene rings is 1. The summed E-state index contributed by atoms with van der Waals surface area (Å²) in [6, 6.07) is 9.18. The fourth-order valence-corrected chi connectivity index (χ4v) is 1.56. The first-order valence-electron chi connectivity index (χ1n) is 4.50. The van der Waals surface area contributed by atoms with Gasteiger partial charge in [0.1, 0.15) is 5.15 Å². The normalized spacial score (nSPS) is 10.3. The van der Waals surface area contributed by atoms with Crippen molar-refractivity contribution in [3.05, 3.63) is 35.5 Å². The molecule has 0 aliphatic heterocycles. The van der Waals surface area contributed by atoms with Crippen LogP contribution in [0.3, 0.4) is 0 Å². The van der Waals surface area contributed by atoms with E-state index in [4.69, 9.17) is 11.6 Å². The summed E-state index contributed by atoms with van der Waals surface area (Å²) in [4.78, 5) is 15.1. The average molecular weight is 221 g/mol. The van der Waals surface area contributed by atoms with Crippen LogP contribution in [-0.4, -0.2) is 10.9 Å². The summed E-state index contributed by atoms with van der Waals surface area (Å²) in [6.07, 6.45) is 0. The van der Waals surface area contributed by atoms with E-state index in [-0.39, 0.29) is 5.91 Å². The highest BCUT2D eigenvalue weighted by molar-refractivity contribution is 6.29. The molecule has 0 atom stereocenters. The van der Waals surface area contributed by atoms with Crippen LogP contribution in [0.15, 0.2) is 30.3 Å². The van der Waals surface area contributed by atoms with Crippen molar-refractivity contribution in [1.82, 2.24) is 4.98 Å². The summed E-state index contributed by atoms with van der Waals surface area (Å²) < 4.78 is 0. The van der Waals surface area contributed by atoms with Crippen molar-refractivity contribution in [2.45, 2.75) is 6.92 Å². The first kappa shape index (κ1) is 9.93. The van der Waals surface area contributed by atoms with Crippen LogP contribution in [0.5, 0.6) is 0 Å². The van der Waals surface area contributed by atoms with Gasteiger partial charge in [-0.1, -0.05) is 23.7 Å². The minimum absolute atomic E-state index is 0.121. The average Bonchev–Trinajstić information content (AvgIpc) is 2.18. The highest BCUT2D eigenvalue weighted by atomic mass is 35.5. The Balaban J connectivity index is 2.63. The first-order chi connectivity index (χ1) is 7.16. The zero-order valence-corrected chi connectivity index (χ0v) is 8.88. The van der Waals surface area contributed by atoms with Crippen LogP contribution in [0.2, 0.25) is 5.15 Å². The van der Waals surface area contributed by atoms with E-state index in [9.17, 15) is 4.79 Å². The molecule has 3 nitrogen and oxygen atoms in total. The molecule has 1 amide bonds. The number of nitrogens with one attached hydrogen (secondary N) is 1. The van der Waals surface area contributed by atoms with Gasteiger partial charge in [0, 0.05) is 12.3 Å². The van der Waals surface area contributed by atoms with Crippen LogP contribution in [0.25, 0.3) is 10.9 Å². The zero-order chi connectivity index (χ0) is 10.8. The first-order valence-corrected chi connectivity index (χ1v) is 4.87. The Bertz CT molecular complexity index is 525. The third-order valence-electron chi connectivity index (χ3n) is 2.00. The number of fused-ring (bicyclic) bond motifs is 1. The molecule has 1 heterocycles. The molecule has 2 aromatic rings. The number of hydrogen-bond acceptors (Lipinski definition) is 2. The van der Waals surface area contributed by atoms with Crippen molar-refractivity contribution >= 4 is 34.1 Å². The zero-order valence-electron chi connectivity index (χ0n) is 8.12. The maximum Gasteiger partial charge on any atom is 0.221 e. The molecule has 1 N–H and O–H groups in total. The van der Waals surface area contributed by atoms with E-state index in [0.717, 1.165) is 5.39 Å². The molecule has 1 aromatic heterocycles. The van der Waals surface area contributed by atoms with Gasteiger partial charge < -0.3 is 5.32 Å². The van der Waals surface area contributed by atoms with Crippen LogP contribution in [0, 0.1) is 0 Å². The predicted octanol–water partition coefficient (Wildman–Crippen LogP) is 2.85. The topological polar surface area (TPSA) is 42.0 Å². The quantitative estimate of drug-likeness (QED) is 0.751. The lowest BCUT2D eigenvalue weighted by Crippen LogP contribution is -2.06. The third-order valence-corrected chi connectivity index (χ3v) is 2.21. The van der Waals surface area contributed by atoms with E-state index in [1.807, 2.05) is 18.2 Å². The number of carbonyl (C=O) groups excluding carboxylic acids is 1. The molecule has 0 saturated heterocycles. The molecule has 0 bridgehead atoms. The van der Waals surface area contributed by atoms with Gasteiger partial charge in [-0.25, -0.2) is 4.98 Å². The minimum atomic E-state index is -0.121. The van der Waals surface area contributed by atoms with Crippen molar-refractivity contribution in [2.75, 3.05) is 5.32 Å². The number of pyridine rings is 1. The standard InChI is InChI=1S/C11H9ClN2O/c1-7(15)13-9-4-2-3-8-5-6-10(12)14-11(8)9/h2-6H,1H3,(H,13,15). The number of rotatable bonds is 1. The van der Waals surface area contributed by atoms with Gasteiger partial charge in [0.15, 0.2) is 0 Å². The number of para-hydroxylation sites is 1. The monoisotopic (exact) mass is 220 g/mol. The molecular formula is C11H9ClN2O. The number of carbonyl (C=O) groups is 1. The maximum absolute atomic E-state index is 11.0. The lowest BCUT2D eigenvalue weighted by atomic mass is 10.2. The fourth-order valence-electron chi connectivity index (χ4n) is 1.41. The van der Waals surface area contributed by atoms with E-state index < -0.39 is 0 Å². The van der Waals surface area contributed by atoms with Crippen LogP contribution < -0.4 is 5.32 Å². The van der Waals surface area contributed by atoms with E-state index >= 15 is 0 Å². The second kappa shape index (κ2) is 3.87. The van der Waals surface area contributed by atoms with Gasteiger partial charge in [-0.15, -0.1) is 0 Å². The van der Waals surface area contributed by atoms with Crippen LogP contribution in [-0.2, 0) is 4.79 Å². The molecule has 0 unspecified atom stereocenters. The number of aromatic nitrogens is 1. The van der Waals surface area contributed by atoms with Gasteiger partial charge in [0.25, 0.3) is 0 Å². The fraction of sp³-hybridized carbons (Fsp3) is 0.0909. The van der Waals surface area contributed by atoms with Gasteiger partial charge in [0.05, 0.1) is 11.2 Å². The summed E-state index contributed by atoms with van der Waals surface area (Å²) in [7, 11) is 0. The Morgan fingerprint density at radius 3 is 2.87 bits per heavy atom. The Labute approximate surface area is 92.1 Å². The van der Waals surface area contributed by atoms with Gasteiger partial charge in [-0.2, -0.15) is 0 Å². The molecule has 0 aliphatic carbocycles. The summed E-state index contributed by atoms with van der Waals surface area (Å²) in [5.41, 5.74) is 1.39. The number of hydrogen-bond donors (Lipinski definition) is 1. The Morgan fingerprint density at radius 1 is 1.33 bits per heavy atom. The number of halogens is 1. The molecular weight excluding hydrogens is 212 g/mol. The van der Waals surface area contributed by atoms with E-state index in [1.54, 1.807) is 12.1 Å². The molecule has 4 heteroatoms. The number of anilines is 1. The van der Waals surface area contributed by atoms with Crippen molar-refractivity contribution in [3.63, 3.8) is 0 Å². The third kappa shape index (κ3) is 2.07. The van der Waals surface area contributed by atoms with Gasteiger partial charge in [-0.3, -0.25) is 4.79 Å². The molecule has 1 aromatic carbocycles. The molecule has 2 rings (SSSR count). The second-order valence-electron chi connectivity index (χ2n) is 3.19. The highest BCUT2D eigenvalue weighted by Gasteiger charge is 2.03. The van der Waals surface area contributed by atoms with Crippen LogP contribution in [0.1, 0.15) is 6.92 Å². The maximum atomic E-state index is 11.0. The summed E-state index contributed by atoms with van der Waals surface area (Å²) in [5.74, 6) is -0.121. The summed E-state index contributed by atoms with van der Waals surface area (Å²) >= 11 is 5.80. The molecule has 0 aliphatic rings. The lowest BCUT2D eigenvalue weighted by molar-refractivity contribution is -0.114. The Kier molecular flexibility index (Phi) is 2.56. The highest BCUT2D eigenvalue weighted by Crippen LogP contribution is 2.22. The minimum Gasteiger partial charge on any atom is -0.324 e. The van der Waals surface area contributed by atoms with Gasteiger partial charge >= 0.3 is 0 Å². The van der Waals surface area contributed by atoms with Crippen molar-refractivity contribution in [1.29, 1.82) is 0 Å². The van der Waals surface area contributed by atoms with Gasteiger partial charge in [-0.05, 0) is 18.2 Å². The van der Waals surface area contributed by atoms with Crippen LogP contribution >= 0.6 is 11.6 Å². The molecule has 76 valence electrons. The summed E-state index contributed by atoms with van der Waals surface area (Å²) in [6.45, 7) is 1.46. The second-order valence-corrected chi connectivity index (χ2v) is 3.58. The Hall–Kier alpha value is -1.61. The van der Waals surface area contributed by atoms with E-state index in [1.165, 1.54) is 6.92 Å². The molecule has 0 radical (unpaired) electrons. The smallest absolute Gasteiger partial charge is 0.221 e. The van der Waals surface area contributed by atoms with E-state index in [2.05, 4.69) is 10.3 Å². The largest absolute Gasteiger partial charge is 0.324 e. The number of amides is 1. The molecule has 0 saturated carbocycles. The van der Waals surface area contributed by atoms with Crippen LogP contribution in [0.4, 0.5) is 5.69 Å². The lowest BCUT2D eigenvalue weighted by Gasteiger charge is -2.05. The van der Waals surface area contributed by atoms with Crippen molar-refractivity contribution in [3.8, 4) is 0 Å².